The van der Waals surface area contributed by atoms with E-state index in [-0.39, 0.29) is 6.10 Å². The van der Waals surface area contributed by atoms with Gasteiger partial charge in [-0.3, -0.25) is 0 Å². The van der Waals surface area contributed by atoms with Gasteiger partial charge in [-0.05, 0) is 24.3 Å². The summed E-state index contributed by atoms with van der Waals surface area (Å²) in [6.45, 7) is 8.17. The van der Waals surface area contributed by atoms with Gasteiger partial charge in [-0.25, -0.2) is 4.68 Å². The zero-order valence-electron chi connectivity index (χ0n) is 13.9. The first-order valence-electron chi connectivity index (χ1n) is 7.92. The predicted octanol–water partition coefficient (Wildman–Crippen LogP) is 3.27. The van der Waals surface area contributed by atoms with Crippen molar-refractivity contribution in [3.8, 4) is 22.9 Å². The third-order valence-electron chi connectivity index (χ3n) is 3.46. The number of nitrogens with zero attached hydrogens (tertiary/aromatic N) is 2. The quantitative estimate of drug-likeness (QED) is 0.641. The maximum absolute atomic E-state index is 5.87. The standard InChI is InChI=1S/C18H22N2O2Si/c1-23(2,3)11-9-15-12-19-20(13-15)16-4-6-17(7-5-16)22-18-8-10-21-14-18/h4-7,12-13,18H,8,10,14H2,1-3H3/t18-/m1/s1. The zero-order valence-corrected chi connectivity index (χ0v) is 14.9. The highest BCUT2D eigenvalue weighted by Crippen LogP contribution is 2.19. The third kappa shape index (κ3) is 4.47. The first kappa shape index (κ1) is 15.8. The van der Waals surface area contributed by atoms with Gasteiger partial charge in [0.25, 0.3) is 0 Å². The Bertz CT molecular complexity index is 714. The van der Waals surface area contributed by atoms with Crippen LogP contribution in [-0.2, 0) is 4.74 Å². The summed E-state index contributed by atoms with van der Waals surface area (Å²) in [6.07, 6.45) is 4.91. The smallest absolute Gasteiger partial charge is 0.129 e. The molecule has 0 spiro atoms. The molecule has 4 nitrogen and oxygen atoms in total. The zero-order chi connectivity index (χ0) is 16.3. The van der Waals surface area contributed by atoms with Crippen LogP contribution in [0.4, 0.5) is 0 Å². The fourth-order valence-corrected chi connectivity index (χ4v) is 2.78. The molecule has 0 unspecified atom stereocenters. The summed E-state index contributed by atoms with van der Waals surface area (Å²) in [7, 11) is -1.36. The molecular weight excluding hydrogens is 304 g/mol. The summed E-state index contributed by atoms with van der Waals surface area (Å²) in [5, 5.41) is 4.39. The number of rotatable bonds is 3. The second kappa shape index (κ2) is 6.61. The van der Waals surface area contributed by atoms with E-state index in [1.165, 1.54) is 0 Å². The molecule has 120 valence electrons. The molecule has 0 saturated carbocycles. The second-order valence-corrected chi connectivity index (χ2v) is 11.5. The van der Waals surface area contributed by atoms with Gasteiger partial charge < -0.3 is 9.47 Å². The Labute approximate surface area is 138 Å². The first-order valence-corrected chi connectivity index (χ1v) is 11.4. The molecule has 1 fully saturated rings. The van der Waals surface area contributed by atoms with Crippen molar-refractivity contribution >= 4 is 8.07 Å². The SMILES string of the molecule is C[Si](C)(C)C#Cc1cnn(-c2ccc(O[C@@H]3CCOC3)cc2)c1. The van der Waals surface area contributed by atoms with E-state index in [0.29, 0.717) is 6.61 Å². The molecule has 1 aliphatic heterocycles. The lowest BCUT2D eigenvalue weighted by atomic mass is 10.3. The molecule has 1 atom stereocenters. The average molecular weight is 326 g/mol. The Balaban J connectivity index is 1.69. The van der Waals surface area contributed by atoms with Crippen molar-refractivity contribution < 1.29 is 9.47 Å². The highest BCUT2D eigenvalue weighted by Gasteiger charge is 2.17. The lowest BCUT2D eigenvalue weighted by molar-refractivity contribution is 0.141. The second-order valence-electron chi connectivity index (χ2n) is 6.77. The Morgan fingerprint density at radius 2 is 2.04 bits per heavy atom. The molecule has 0 N–H and O–H groups in total. The molecule has 0 bridgehead atoms. The van der Waals surface area contributed by atoms with Gasteiger partial charge >= 0.3 is 0 Å². The van der Waals surface area contributed by atoms with Crippen LogP contribution in [0.25, 0.3) is 5.69 Å². The van der Waals surface area contributed by atoms with Crippen molar-refractivity contribution in [2.45, 2.75) is 32.2 Å². The molecule has 0 amide bonds. The van der Waals surface area contributed by atoms with E-state index >= 15 is 0 Å². The van der Waals surface area contributed by atoms with Crippen LogP contribution in [0.1, 0.15) is 12.0 Å². The third-order valence-corrected chi connectivity index (χ3v) is 4.33. The van der Waals surface area contributed by atoms with E-state index in [2.05, 4.69) is 36.2 Å². The number of hydrogen-bond donors (Lipinski definition) is 0. The molecule has 1 aromatic carbocycles. The van der Waals surface area contributed by atoms with Gasteiger partial charge in [-0.15, -0.1) is 5.54 Å². The maximum Gasteiger partial charge on any atom is 0.129 e. The van der Waals surface area contributed by atoms with Gasteiger partial charge in [0, 0.05) is 12.6 Å². The molecule has 1 aliphatic rings. The minimum absolute atomic E-state index is 0.175. The van der Waals surface area contributed by atoms with Crippen molar-refractivity contribution in [2.75, 3.05) is 13.2 Å². The normalized spacial score (nSPS) is 17.6. The summed E-state index contributed by atoms with van der Waals surface area (Å²) >= 11 is 0. The van der Waals surface area contributed by atoms with Crippen LogP contribution in [0.15, 0.2) is 36.7 Å². The van der Waals surface area contributed by atoms with E-state index in [0.717, 1.165) is 30.0 Å². The Hall–Kier alpha value is -2.03. The van der Waals surface area contributed by atoms with E-state index in [1.807, 2.05) is 41.3 Å². The molecule has 23 heavy (non-hydrogen) atoms. The van der Waals surface area contributed by atoms with Crippen LogP contribution in [0.5, 0.6) is 5.75 Å². The van der Waals surface area contributed by atoms with Crippen LogP contribution < -0.4 is 4.74 Å². The summed E-state index contributed by atoms with van der Waals surface area (Å²) < 4.78 is 13.0. The van der Waals surface area contributed by atoms with Crippen LogP contribution in [0.2, 0.25) is 19.6 Å². The minimum Gasteiger partial charge on any atom is -0.488 e. The summed E-state index contributed by atoms with van der Waals surface area (Å²) in [5.74, 6) is 4.09. The van der Waals surface area contributed by atoms with E-state index in [4.69, 9.17) is 9.47 Å². The highest BCUT2D eigenvalue weighted by molar-refractivity contribution is 6.83. The topological polar surface area (TPSA) is 36.3 Å². The van der Waals surface area contributed by atoms with Gasteiger partial charge in [-0.2, -0.15) is 5.10 Å². The summed E-state index contributed by atoms with van der Waals surface area (Å²) in [5.41, 5.74) is 5.31. The summed E-state index contributed by atoms with van der Waals surface area (Å²) in [6, 6.07) is 7.97. The van der Waals surface area contributed by atoms with Crippen molar-refractivity contribution in [3.05, 3.63) is 42.2 Å². The van der Waals surface area contributed by atoms with E-state index in [1.54, 1.807) is 0 Å². The van der Waals surface area contributed by atoms with Gasteiger partial charge in [-0.1, -0.05) is 25.6 Å². The fraction of sp³-hybridized carbons (Fsp3) is 0.389. The molecule has 1 saturated heterocycles. The first-order chi connectivity index (χ1) is 11.0. The maximum atomic E-state index is 5.87. The minimum atomic E-state index is -1.36. The molecule has 2 heterocycles. The Kier molecular flexibility index (Phi) is 4.55. The lowest BCUT2D eigenvalue weighted by Crippen LogP contribution is -2.16. The fourth-order valence-electron chi connectivity index (χ4n) is 2.26. The summed E-state index contributed by atoms with van der Waals surface area (Å²) in [4.78, 5) is 0. The molecule has 0 aliphatic carbocycles. The number of hydrogen-bond acceptors (Lipinski definition) is 3. The number of aromatic nitrogens is 2. The molecular formula is C18H22N2O2Si. The van der Waals surface area contributed by atoms with Crippen LogP contribution >= 0.6 is 0 Å². The van der Waals surface area contributed by atoms with Gasteiger partial charge in [0.1, 0.15) is 19.9 Å². The molecule has 3 rings (SSSR count). The van der Waals surface area contributed by atoms with E-state index < -0.39 is 8.07 Å². The highest BCUT2D eigenvalue weighted by atomic mass is 28.3. The van der Waals surface area contributed by atoms with Crippen molar-refractivity contribution in [2.24, 2.45) is 0 Å². The molecule has 5 heteroatoms. The molecule has 2 aromatic rings. The van der Waals surface area contributed by atoms with Gasteiger partial charge in [0.05, 0.1) is 30.7 Å². The van der Waals surface area contributed by atoms with Crippen LogP contribution in [0, 0.1) is 11.5 Å². The van der Waals surface area contributed by atoms with Crippen molar-refractivity contribution in [1.29, 1.82) is 0 Å². The Morgan fingerprint density at radius 1 is 1.26 bits per heavy atom. The predicted molar refractivity (Wildman–Crippen MR) is 93.6 cm³/mol. The average Bonchev–Trinajstić information content (AvgIpc) is 3.17. The largest absolute Gasteiger partial charge is 0.488 e. The van der Waals surface area contributed by atoms with Gasteiger partial charge in [0.2, 0.25) is 0 Å². The van der Waals surface area contributed by atoms with E-state index in [9.17, 15) is 0 Å². The number of ether oxygens (including phenoxy) is 2. The lowest BCUT2D eigenvalue weighted by Gasteiger charge is -2.12. The van der Waals surface area contributed by atoms with Crippen molar-refractivity contribution in [1.82, 2.24) is 9.78 Å². The number of benzene rings is 1. The molecule has 0 radical (unpaired) electrons. The van der Waals surface area contributed by atoms with Crippen LogP contribution in [-0.4, -0.2) is 37.2 Å². The van der Waals surface area contributed by atoms with Crippen molar-refractivity contribution in [3.63, 3.8) is 0 Å². The van der Waals surface area contributed by atoms with Gasteiger partial charge in [0.15, 0.2) is 0 Å². The van der Waals surface area contributed by atoms with Crippen LogP contribution in [0.3, 0.4) is 0 Å². The monoisotopic (exact) mass is 326 g/mol. The molecule has 1 aromatic heterocycles. The Morgan fingerprint density at radius 3 is 2.70 bits per heavy atom.